The molecule has 0 spiro atoms. The van der Waals surface area contributed by atoms with E-state index in [2.05, 4.69) is 15.5 Å². The van der Waals surface area contributed by atoms with Gasteiger partial charge >= 0.3 is 0 Å². The minimum absolute atomic E-state index is 0.145. The Morgan fingerprint density at radius 1 is 1.13 bits per heavy atom. The standard InChI is InChI=1S/C23H23N3O3S/c1-28-19-12-16-7-3-9-18(17(16)13-20(19)29-2)25-26-22(27)14-30-21-10-4-6-15-8-5-11-24-23(15)21/h4-6,8,10-13H,3,7,9,14H2,1-2H3,(H,26,27)/b25-18+. The highest BCUT2D eigenvalue weighted by atomic mass is 32.2. The number of fused-ring (bicyclic) bond motifs is 2. The number of ether oxygens (including phenoxy) is 2. The van der Waals surface area contributed by atoms with E-state index < -0.39 is 0 Å². The van der Waals surface area contributed by atoms with E-state index in [1.54, 1.807) is 20.4 Å². The predicted octanol–water partition coefficient (Wildman–Crippen LogP) is 4.20. The average molecular weight is 422 g/mol. The summed E-state index contributed by atoms with van der Waals surface area (Å²) in [6, 6.07) is 13.8. The molecule has 0 aliphatic heterocycles. The van der Waals surface area contributed by atoms with E-state index in [1.807, 2.05) is 42.5 Å². The first kappa shape index (κ1) is 20.2. The molecular formula is C23H23N3O3S. The molecule has 7 heteroatoms. The van der Waals surface area contributed by atoms with Crippen molar-refractivity contribution in [3.8, 4) is 11.5 Å². The number of hydrogen-bond acceptors (Lipinski definition) is 6. The number of benzene rings is 2. The van der Waals surface area contributed by atoms with Gasteiger partial charge in [-0.25, -0.2) is 5.43 Å². The van der Waals surface area contributed by atoms with Gasteiger partial charge in [0.05, 0.1) is 31.2 Å². The number of nitrogens with one attached hydrogen (secondary N) is 1. The van der Waals surface area contributed by atoms with Crippen LogP contribution >= 0.6 is 11.8 Å². The Balaban J connectivity index is 1.46. The van der Waals surface area contributed by atoms with Crippen molar-refractivity contribution in [2.45, 2.75) is 24.2 Å². The van der Waals surface area contributed by atoms with Gasteiger partial charge in [-0.3, -0.25) is 9.78 Å². The molecule has 6 nitrogen and oxygen atoms in total. The zero-order valence-electron chi connectivity index (χ0n) is 17.0. The fourth-order valence-electron chi connectivity index (χ4n) is 3.59. The van der Waals surface area contributed by atoms with Gasteiger partial charge in [-0.2, -0.15) is 5.10 Å². The van der Waals surface area contributed by atoms with Crippen molar-refractivity contribution in [1.29, 1.82) is 0 Å². The van der Waals surface area contributed by atoms with E-state index in [1.165, 1.54) is 11.8 Å². The topological polar surface area (TPSA) is 72.8 Å². The smallest absolute Gasteiger partial charge is 0.250 e. The second kappa shape index (κ2) is 9.17. The van der Waals surface area contributed by atoms with Gasteiger partial charge in [-0.15, -0.1) is 11.8 Å². The number of aryl methyl sites for hydroxylation is 1. The van der Waals surface area contributed by atoms with E-state index in [0.29, 0.717) is 11.5 Å². The molecule has 30 heavy (non-hydrogen) atoms. The Morgan fingerprint density at radius 3 is 2.77 bits per heavy atom. The molecular weight excluding hydrogens is 398 g/mol. The van der Waals surface area contributed by atoms with Crippen molar-refractivity contribution >= 4 is 34.3 Å². The van der Waals surface area contributed by atoms with Crippen molar-refractivity contribution in [2.24, 2.45) is 5.10 Å². The van der Waals surface area contributed by atoms with E-state index in [0.717, 1.165) is 51.9 Å². The molecule has 0 radical (unpaired) electrons. The monoisotopic (exact) mass is 421 g/mol. The van der Waals surface area contributed by atoms with Crippen molar-refractivity contribution in [1.82, 2.24) is 10.4 Å². The minimum atomic E-state index is -0.145. The maximum absolute atomic E-state index is 12.4. The molecule has 1 heterocycles. The van der Waals surface area contributed by atoms with Gasteiger partial charge in [0.15, 0.2) is 11.5 Å². The number of rotatable bonds is 6. The Bertz CT molecular complexity index is 1110. The summed E-state index contributed by atoms with van der Waals surface area (Å²) in [7, 11) is 3.25. The van der Waals surface area contributed by atoms with E-state index >= 15 is 0 Å². The molecule has 3 aromatic rings. The van der Waals surface area contributed by atoms with Gasteiger partial charge in [-0.1, -0.05) is 18.2 Å². The largest absolute Gasteiger partial charge is 0.493 e. The lowest BCUT2D eigenvalue weighted by atomic mass is 9.89. The molecule has 154 valence electrons. The van der Waals surface area contributed by atoms with E-state index in [9.17, 15) is 4.79 Å². The summed E-state index contributed by atoms with van der Waals surface area (Å²) >= 11 is 1.46. The normalized spacial score (nSPS) is 14.4. The third-order valence-electron chi connectivity index (χ3n) is 5.05. The number of nitrogens with zero attached hydrogens (tertiary/aromatic N) is 2. The van der Waals surface area contributed by atoms with Crippen LogP contribution in [0.15, 0.2) is 58.7 Å². The minimum Gasteiger partial charge on any atom is -0.493 e. The summed E-state index contributed by atoms with van der Waals surface area (Å²) in [5.41, 5.74) is 6.65. The summed E-state index contributed by atoms with van der Waals surface area (Å²) in [4.78, 5) is 17.8. The molecule has 1 aromatic heterocycles. The van der Waals surface area contributed by atoms with Crippen LogP contribution in [0.25, 0.3) is 10.9 Å². The molecule has 0 saturated heterocycles. The maximum atomic E-state index is 12.4. The van der Waals surface area contributed by atoms with Gasteiger partial charge in [0.25, 0.3) is 0 Å². The summed E-state index contributed by atoms with van der Waals surface area (Å²) in [5.74, 6) is 1.50. The van der Waals surface area contributed by atoms with Crippen molar-refractivity contribution in [2.75, 3.05) is 20.0 Å². The highest BCUT2D eigenvalue weighted by Crippen LogP contribution is 2.34. The van der Waals surface area contributed by atoms with Crippen LogP contribution in [-0.2, 0) is 11.2 Å². The quantitative estimate of drug-likeness (QED) is 0.477. The number of methoxy groups -OCH3 is 2. The Labute approximate surface area is 179 Å². The molecule has 4 rings (SSSR count). The van der Waals surface area contributed by atoms with Crippen LogP contribution in [0.3, 0.4) is 0 Å². The lowest BCUT2D eigenvalue weighted by Crippen LogP contribution is -2.23. The van der Waals surface area contributed by atoms with E-state index in [-0.39, 0.29) is 11.7 Å². The second-order valence-electron chi connectivity index (χ2n) is 6.93. The number of carbonyl (C=O) groups is 1. The van der Waals surface area contributed by atoms with Crippen LogP contribution in [0.1, 0.15) is 24.0 Å². The SMILES string of the molecule is COc1cc2c(cc1OC)/C(=N/NC(=O)CSc1cccc3cccnc13)CCC2. The van der Waals surface area contributed by atoms with Gasteiger partial charge in [0.2, 0.25) is 5.91 Å². The van der Waals surface area contributed by atoms with Crippen LogP contribution in [0.2, 0.25) is 0 Å². The molecule has 0 atom stereocenters. The zero-order chi connectivity index (χ0) is 20.9. The summed E-state index contributed by atoms with van der Waals surface area (Å²) in [6.45, 7) is 0. The number of carbonyl (C=O) groups excluding carboxylic acids is 1. The molecule has 1 aliphatic rings. The van der Waals surface area contributed by atoms with Crippen LogP contribution in [-0.4, -0.2) is 36.6 Å². The fourth-order valence-corrected chi connectivity index (χ4v) is 4.42. The van der Waals surface area contributed by atoms with Crippen LogP contribution in [0, 0.1) is 0 Å². The molecule has 2 aromatic carbocycles. The zero-order valence-corrected chi connectivity index (χ0v) is 17.8. The van der Waals surface area contributed by atoms with Crippen molar-refractivity contribution in [3.63, 3.8) is 0 Å². The number of para-hydroxylation sites is 1. The number of aromatic nitrogens is 1. The average Bonchev–Trinajstić information content (AvgIpc) is 2.80. The molecule has 0 fully saturated rings. The second-order valence-corrected chi connectivity index (χ2v) is 7.95. The number of amides is 1. The predicted molar refractivity (Wildman–Crippen MR) is 120 cm³/mol. The van der Waals surface area contributed by atoms with Crippen LogP contribution in [0.5, 0.6) is 11.5 Å². The van der Waals surface area contributed by atoms with Gasteiger partial charge in [0.1, 0.15) is 0 Å². The molecule has 1 aliphatic carbocycles. The van der Waals surface area contributed by atoms with Crippen LogP contribution in [0.4, 0.5) is 0 Å². The molecule has 1 amide bonds. The molecule has 0 bridgehead atoms. The van der Waals surface area contributed by atoms with Crippen LogP contribution < -0.4 is 14.9 Å². The Hall–Kier alpha value is -3.06. The summed E-state index contributed by atoms with van der Waals surface area (Å²) in [5, 5.41) is 5.48. The number of hydrazone groups is 1. The molecule has 1 N–H and O–H groups in total. The summed E-state index contributed by atoms with van der Waals surface area (Å²) in [6.07, 6.45) is 4.51. The van der Waals surface area contributed by atoms with Gasteiger partial charge in [-0.05, 0) is 49.1 Å². The molecule has 0 unspecified atom stereocenters. The third-order valence-corrected chi connectivity index (χ3v) is 6.10. The lowest BCUT2D eigenvalue weighted by Gasteiger charge is -2.20. The highest BCUT2D eigenvalue weighted by Gasteiger charge is 2.20. The number of pyridine rings is 1. The Morgan fingerprint density at radius 2 is 1.93 bits per heavy atom. The first-order valence-electron chi connectivity index (χ1n) is 9.77. The van der Waals surface area contributed by atoms with E-state index in [4.69, 9.17) is 9.47 Å². The van der Waals surface area contributed by atoms with Gasteiger partial charge < -0.3 is 9.47 Å². The highest BCUT2D eigenvalue weighted by molar-refractivity contribution is 8.00. The maximum Gasteiger partial charge on any atom is 0.250 e. The fraction of sp³-hybridized carbons (Fsp3) is 0.261. The Kier molecular flexibility index (Phi) is 6.18. The summed E-state index contributed by atoms with van der Waals surface area (Å²) < 4.78 is 10.8. The first-order chi connectivity index (χ1) is 14.7. The van der Waals surface area contributed by atoms with Crippen molar-refractivity contribution < 1.29 is 14.3 Å². The third kappa shape index (κ3) is 4.26. The van der Waals surface area contributed by atoms with Gasteiger partial charge in [0, 0.05) is 22.0 Å². The lowest BCUT2D eigenvalue weighted by molar-refractivity contribution is -0.118. The van der Waals surface area contributed by atoms with Crippen molar-refractivity contribution in [3.05, 3.63) is 59.8 Å². The first-order valence-corrected chi connectivity index (χ1v) is 10.8. The number of hydrogen-bond donors (Lipinski definition) is 1. The molecule has 0 saturated carbocycles. The number of thioether (sulfide) groups is 1.